The summed E-state index contributed by atoms with van der Waals surface area (Å²) in [5.74, 6) is 5.07. The molecule has 5 heteroatoms. The third kappa shape index (κ3) is 3.16. The molecule has 0 fully saturated rings. The predicted octanol–water partition coefficient (Wildman–Crippen LogP) is 1.41. The van der Waals surface area contributed by atoms with Crippen molar-refractivity contribution in [3.63, 3.8) is 0 Å². The maximum absolute atomic E-state index is 13.6. The first-order chi connectivity index (χ1) is 7.72. The van der Waals surface area contributed by atoms with E-state index in [-0.39, 0.29) is 12.4 Å². The Labute approximate surface area is 94.1 Å². The molecule has 0 heterocycles. The first-order valence-electron chi connectivity index (χ1n) is 4.88. The predicted molar refractivity (Wildman–Crippen MR) is 57.5 cm³/mol. The largest absolute Gasteiger partial charge is 0.496 e. The van der Waals surface area contributed by atoms with Crippen LogP contribution in [0, 0.1) is 5.82 Å². The van der Waals surface area contributed by atoms with E-state index < -0.39 is 0 Å². The van der Waals surface area contributed by atoms with Crippen LogP contribution in [0.2, 0.25) is 0 Å². The minimum atomic E-state index is -0.325. The summed E-state index contributed by atoms with van der Waals surface area (Å²) in [6.45, 7) is 0.648. The van der Waals surface area contributed by atoms with E-state index in [0.29, 0.717) is 24.3 Å². The number of hydrogen-bond donors (Lipinski definition) is 1. The maximum atomic E-state index is 13.6. The smallest absolute Gasteiger partial charge is 0.130 e. The van der Waals surface area contributed by atoms with E-state index in [2.05, 4.69) is 4.84 Å². The van der Waals surface area contributed by atoms with Gasteiger partial charge < -0.3 is 14.3 Å². The molecule has 1 aromatic rings. The van der Waals surface area contributed by atoms with E-state index in [1.807, 2.05) is 0 Å². The van der Waals surface area contributed by atoms with Gasteiger partial charge in [0.15, 0.2) is 0 Å². The third-order valence-electron chi connectivity index (χ3n) is 2.24. The van der Waals surface area contributed by atoms with Gasteiger partial charge in [0.25, 0.3) is 0 Å². The van der Waals surface area contributed by atoms with Crippen molar-refractivity contribution in [1.29, 1.82) is 0 Å². The second kappa shape index (κ2) is 6.42. The molecular formula is C11H16FNO3. The van der Waals surface area contributed by atoms with Gasteiger partial charge >= 0.3 is 0 Å². The summed E-state index contributed by atoms with van der Waals surface area (Å²) in [6, 6.07) is 3.05. The third-order valence-corrected chi connectivity index (χ3v) is 2.24. The molecule has 0 spiro atoms. The van der Waals surface area contributed by atoms with Crippen LogP contribution < -0.4 is 10.6 Å². The standard InChI is InChI=1S/C11H16FNO3/c1-14-7-9-5-8(3-4-16-13)10(12)6-11(9)15-2/h5-6H,3-4,7,13H2,1-2H3. The van der Waals surface area contributed by atoms with Crippen LogP contribution in [0.4, 0.5) is 4.39 Å². The van der Waals surface area contributed by atoms with E-state index in [1.54, 1.807) is 13.2 Å². The van der Waals surface area contributed by atoms with Crippen molar-refractivity contribution in [3.05, 3.63) is 29.1 Å². The highest BCUT2D eigenvalue weighted by Crippen LogP contribution is 2.23. The molecule has 0 saturated heterocycles. The Bertz CT molecular complexity index is 344. The summed E-state index contributed by atoms with van der Waals surface area (Å²) in [4.78, 5) is 4.43. The molecular weight excluding hydrogens is 213 g/mol. The molecule has 4 nitrogen and oxygen atoms in total. The second-order valence-electron chi connectivity index (χ2n) is 3.31. The average Bonchev–Trinajstić information content (AvgIpc) is 2.29. The van der Waals surface area contributed by atoms with Crippen LogP contribution in [0.3, 0.4) is 0 Å². The lowest BCUT2D eigenvalue weighted by Crippen LogP contribution is -2.06. The Morgan fingerprint density at radius 3 is 2.56 bits per heavy atom. The van der Waals surface area contributed by atoms with Crippen molar-refractivity contribution in [2.45, 2.75) is 13.0 Å². The average molecular weight is 229 g/mol. The molecule has 0 bridgehead atoms. The number of rotatable bonds is 6. The van der Waals surface area contributed by atoms with Gasteiger partial charge in [-0.25, -0.2) is 10.3 Å². The Morgan fingerprint density at radius 2 is 2.00 bits per heavy atom. The Hall–Kier alpha value is -1.17. The highest BCUT2D eigenvalue weighted by atomic mass is 19.1. The Morgan fingerprint density at radius 1 is 1.25 bits per heavy atom. The first-order valence-corrected chi connectivity index (χ1v) is 4.88. The molecule has 0 amide bonds. The van der Waals surface area contributed by atoms with Crippen molar-refractivity contribution >= 4 is 0 Å². The number of nitrogens with two attached hydrogens (primary N) is 1. The van der Waals surface area contributed by atoms with Crippen molar-refractivity contribution in [1.82, 2.24) is 0 Å². The SMILES string of the molecule is COCc1cc(CCON)c(F)cc1OC. The van der Waals surface area contributed by atoms with Gasteiger partial charge in [0.05, 0.1) is 20.3 Å². The van der Waals surface area contributed by atoms with Gasteiger partial charge in [-0.05, 0) is 11.6 Å². The normalized spacial score (nSPS) is 10.5. The van der Waals surface area contributed by atoms with Gasteiger partial charge in [0.1, 0.15) is 11.6 Å². The number of halogens is 1. The summed E-state index contributed by atoms with van der Waals surface area (Å²) in [7, 11) is 3.07. The molecule has 0 radical (unpaired) electrons. The van der Waals surface area contributed by atoms with Crippen molar-refractivity contribution in [3.8, 4) is 5.75 Å². The lowest BCUT2D eigenvalue weighted by molar-refractivity contribution is 0.140. The van der Waals surface area contributed by atoms with Crippen LogP contribution in [-0.4, -0.2) is 20.8 Å². The fourth-order valence-electron chi connectivity index (χ4n) is 1.47. The van der Waals surface area contributed by atoms with Crippen molar-refractivity contribution < 1.29 is 18.7 Å². The molecule has 90 valence electrons. The zero-order valence-corrected chi connectivity index (χ0v) is 9.46. The van der Waals surface area contributed by atoms with Gasteiger partial charge in [-0.1, -0.05) is 0 Å². The summed E-state index contributed by atoms with van der Waals surface area (Å²) in [6.07, 6.45) is 0.420. The molecule has 1 aromatic carbocycles. The molecule has 0 aliphatic carbocycles. The Kier molecular flexibility index (Phi) is 5.18. The molecule has 2 N–H and O–H groups in total. The fourth-order valence-corrected chi connectivity index (χ4v) is 1.47. The van der Waals surface area contributed by atoms with Crippen LogP contribution in [0.1, 0.15) is 11.1 Å². The van der Waals surface area contributed by atoms with E-state index >= 15 is 0 Å². The van der Waals surface area contributed by atoms with E-state index in [0.717, 1.165) is 5.56 Å². The summed E-state index contributed by atoms with van der Waals surface area (Å²) in [5, 5.41) is 0. The van der Waals surface area contributed by atoms with Gasteiger partial charge in [0.2, 0.25) is 0 Å². The molecule has 0 aliphatic heterocycles. The molecule has 0 aliphatic rings. The minimum Gasteiger partial charge on any atom is -0.496 e. The van der Waals surface area contributed by atoms with E-state index in [4.69, 9.17) is 15.4 Å². The molecule has 16 heavy (non-hydrogen) atoms. The topological polar surface area (TPSA) is 53.7 Å². The lowest BCUT2D eigenvalue weighted by atomic mass is 10.1. The lowest BCUT2D eigenvalue weighted by Gasteiger charge is -2.11. The quantitative estimate of drug-likeness (QED) is 0.749. The van der Waals surface area contributed by atoms with Crippen LogP contribution in [0.25, 0.3) is 0 Å². The molecule has 0 unspecified atom stereocenters. The molecule has 0 atom stereocenters. The van der Waals surface area contributed by atoms with Gasteiger partial charge in [-0.2, -0.15) is 0 Å². The Balaban J connectivity index is 2.96. The second-order valence-corrected chi connectivity index (χ2v) is 3.31. The summed E-state index contributed by atoms with van der Waals surface area (Å²) in [5.41, 5.74) is 1.34. The van der Waals surface area contributed by atoms with Crippen LogP contribution >= 0.6 is 0 Å². The fraction of sp³-hybridized carbons (Fsp3) is 0.455. The van der Waals surface area contributed by atoms with Gasteiger partial charge in [-0.3, -0.25) is 0 Å². The zero-order valence-electron chi connectivity index (χ0n) is 9.46. The number of methoxy groups -OCH3 is 2. The summed E-state index contributed by atoms with van der Waals surface area (Å²) >= 11 is 0. The number of benzene rings is 1. The van der Waals surface area contributed by atoms with Crippen LogP contribution in [0.5, 0.6) is 5.75 Å². The van der Waals surface area contributed by atoms with Crippen molar-refractivity contribution in [2.24, 2.45) is 5.90 Å². The molecule has 1 rings (SSSR count). The highest BCUT2D eigenvalue weighted by Gasteiger charge is 2.10. The highest BCUT2D eigenvalue weighted by molar-refractivity contribution is 5.38. The van der Waals surface area contributed by atoms with E-state index in [9.17, 15) is 4.39 Å². The molecule has 0 aromatic heterocycles. The number of ether oxygens (including phenoxy) is 2. The maximum Gasteiger partial charge on any atom is 0.130 e. The monoisotopic (exact) mass is 229 g/mol. The zero-order chi connectivity index (χ0) is 12.0. The van der Waals surface area contributed by atoms with Gasteiger partial charge in [0, 0.05) is 25.2 Å². The van der Waals surface area contributed by atoms with E-state index in [1.165, 1.54) is 13.2 Å². The van der Waals surface area contributed by atoms with Gasteiger partial charge in [-0.15, -0.1) is 0 Å². The van der Waals surface area contributed by atoms with Crippen molar-refractivity contribution in [2.75, 3.05) is 20.8 Å². The minimum absolute atomic E-state index is 0.273. The number of hydrogen-bond acceptors (Lipinski definition) is 4. The molecule has 0 saturated carbocycles. The first kappa shape index (κ1) is 12.9. The van der Waals surface area contributed by atoms with Crippen LogP contribution in [0.15, 0.2) is 12.1 Å². The summed E-state index contributed by atoms with van der Waals surface area (Å²) < 4.78 is 23.6. The van der Waals surface area contributed by atoms with Crippen LogP contribution in [-0.2, 0) is 22.6 Å².